The van der Waals surface area contributed by atoms with E-state index in [1.165, 1.54) is 6.92 Å². The van der Waals surface area contributed by atoms with Crippen LogP contribution in [0.2, 0.25) is 0 Å². The van der Waals surface area contributed by atoms with Crippen molar-refractivity contribution in [3.63, 3.8) is 0 Å². The van der Waals surface area contributed by atoms with Crippen molar-refractivity contribution in [2.24, 2.45) is 0 Å². The number of ether oxygens (including phenoxy) is 1. The van der Waals surface area contributed by atoms with Crippen molar-refractivity contribution in [1.82, 2.24) is 0 Å². The molecule has 0 amide bonds. The molecule has 0 bridgehead atoms. The van der Waals surface area contributed by atoms with E-state index in [2.05, 4.69) is 16.0 Å². The first-order valence-corrected chi connectivity index (χ1v) is 4.31. The summed E-state index contributed by atoms with van der Waals surface area (Å²) in [6.45, 7) is 3.23. The van der Waals surface area contributed by atoms with Crippen LogP contribution in [-0.2, 0) is 14.3 Å². The predicted molar refractivity (Wildman–Crippen MR) is 41.2 cm³/mol. The van der Waals surface area contributed by atoms with Gasteiger partial charge in [0.1, 0.15) is 0 Å². The predicted octanol–water partition coefficient (Wildman–Crippen LogP) is 0.413. The van der Waals surface area contributed by atoms with Gasteiger partial charge in [-0.15, -0.1) is 0 Å². The van der Waals surface area contributed by atoms with E-state index in [-0.39, 0.29) is 4.68 Å². The van der Waals surface area contributed by atoms with Gasteiger partial charge < -0.3 is 0 Å². The number of carbonyl (C=O) groups excluding carboxylic acids is 2. The van der Waals surface area contributed by atoms with Gasteiger partial charge in [0.05, 0.1) is 0 Å². The summed E-state index contributed by atoms with van der Waals surface area (Å²) in [5, 5.41) is 0. The molecular weight excluding hydrogens is 211 g/mol. The van der Waals surface area contributed by atoms with Crippen LogP contribution in [0, 0.1) is 0 Å². The van der Waals surface area contributed by atoms with Gasteiger partial charge in [-0.3, -0.25) is 0 Å². The van der Waals surface area contributed by atoms with Gasteiger partial charge in [-0.05, 0) is 0 Å². The number of hydrogen-bond acceptors (Lipinski definition) is 3. The Morgan fingerprint density at radius 1 is 1.55 bits per heavy atom. The minimum atomic E-state index is -0.586. The van der Waals surface area contributed by atoms with E-state index in [1.807, 2.05) is 6.92 Å². The summed E-state index contributed by atoms with van der Waals surface area (Å²) in [6.07, 6.45) is 0.828. The van der Waals surface area contributed by atoms with E-state index in [0.29, 0.717) is 6.42 Å². The molecule has 0 rings (SSSR count). The molecule has 0 saturated heterocycles. The quantitative estimate of drug-likeness (QED) is 0.511. The molecule has 0 aromatic rings. The molecule has 0 spiro atoms. The molecule has 0 aliphatic carbocycles. The van der Waals surface area contributed by atoms with Crippen LogP contribution in [0.1, 0.15) is 26.7 Å². The Bertz CT molecular complexity index is 156. The summed E-state index contributed by atoms with van der Waals surface area (Å²) < 4.78 is 4.53. The zero-order valence-corrected chi connectivity index (χ0v) is 8.34. The van der Waals surface area contributed by atoms with Gasteiger partial charge in [-0.1, -0.05) is 0 Å². The molecule has 4 heteroatoms. The van der Waals surface area contributed by atoms with Crippen LogP contribution in [-0.4, -0.2) is 32.8 Å². The number of hydrogen-bond donors (Lipinski definition) is 0. The Hall–Kier alpha value is -0.341. The summed E-state index contributed by atoms with van der Waals surface area (Å²) in [7, 11) is 0. The number of carbonyl (C=O) groups is 2. The molecule has 63 valence electrons. The topological polar surface area (TPSA) is 43.4 Å². The molecule has 0 aliphatic rings. The average molecular weight is 222 g/mol. The molecule has 0 aromatic carbocycles. The van der Waals surface area contributed by atoms with Crippen molar-refractivity contribution in [3.05, 3.63) is 0 Å². The SMILES string of the molecule is CCCC(OC(C)=O)C(=O)[Se]. The molecule has 1 unspecified atom stereocenters. The van der Waals surface area contributed by atoms with E-state index < -0.39 is 12.1 Å². The fourth-order valence-corrected chi connectivity index (χ4v) is 1.04. The molecule has 0 saturated carbocycles. The van der Waals surface area contributed by atoms with E-state index in [4.69, 9.17) is 4.74 Å². The van der Waals surface area contributed by atoms with E-state index in [0.717, 1.165) is 6.42 Å². The number of esters is 1. The third-order valence-electron chi connectivity index (χ3n) is 1.12. The van der Waals surface area contributed by atoms with Gasteiger partial charge in [0.2, 0.25) is 0 Å². The molecule has 3 nitrogen and oxygen atoms in total. The second-order valence-electron chi connectivity index (χ2n) is 2.21. The molecule has 11 heavy (non-hydrogen) atoms. The van der Waals surface area contributed by atoms with Crippen molar-refractivity contribution in [1.29, 1.82) is 0 Å². The summed E-state index contributed by atoms with van der Waals surface area (Å²) in [5.41, 5.74) is 0. The van der Waals surface area contributed by atoms with Crippen LogP contribution >= 0.6 is 0 Å². The third-order valence-corrected chi connectivity index (χ3v) is 1.67. The molecular formula is C7H11O3Se. The van der Waals surface area contributed by atoms with Crippen molar-refractivity contribution in [3.8, 4) is 0 Å². The van der Waals surface area contributed by atoms with E-state index >= 15 is 0 Å². The van der Waals surface area contributed by atoms with Crippen LogP contribution in [0.4, 0.5) is 0 Å². The van der Waals surface area contributed by atoms with Gasteiger partial charge in [0.25, 0.3) is 0 Å². The minimum absolute atomic E-state index is 0.206. The zero-order chi connectivity index (χ0) is 8.85. The van der Waals surface area contributed by atoms with Crippen molar-refractivity contribution in [2.45, 2.75) is 32.8 Å². The molecule has 1 radical (unpaired) electrons. The molecule has 0 aliphatic heterocycles. The first kappa shape index (κ1) is 10.7. The third kappa shape index (κ3) is 4.99. The summed E-state index contributed by atoms with van der Waals surface area (Å²) >= 11 is 2.31. The monoisotopic (exact) mass is 223 g/mol. The fraction of sp³-hybridized carbons (Fsp3) is 0.714. The summed E-state index contributed by atoms with van der Waals surface area (Å²) in [6, 6.07) is 0. The Kier molecular flexibility index (Phi) is 5.16. The van der Waals surface area contributed by atoms with Crippen LogP contribution in [0.15, 0.2) is 0 Å². The Morgan fingerprint density at radius 2 is 2.09 bits per heavy atom. The first-order valence-electron chi connectivity index (χ1n) is 3.46. The van der Waals surface area contributed by atoms with Gasteiger partial charge in [-0.2, -0.15) is 0 Å². The van der Waals surface area contributed by atoms with Gasteiger partial charge in [0, 0.05) is 0 Å². The van der Waals surface area contributed by atoms with Gasteiger partial charge in [-0.25, -0.2) is 0 Å². The fourth-order valence-electron chi connectivity index (χ4n) is 0.687. The first-order chi connectivity index (χ1) is 5.07. The zero-order valence-electron chi connectivity index (χ0n) is 6.62. The maximum atomic E-state index is 10.7. The van der Waals surface area contributed by atoms with Crippen LogP contribution in [0.3, 0.4) is 0 Å². The van der Waals surface area contributed by atoms with Gasteiger partial charge >= 0.3 is 73.8 Å². The normalized spacial score (nSPS) is 12.2. The standard InChI is InChI=1S/C7H11O3Se/c1-3-4-6(7(9)11)10-5(2)8/h6H,3-4H2,1-2H3. The second kappa shape index (κ2) is 5.33. The maximum absolute atomic E-state index is 10.7. The van der Waals surface area contributed by atoms with Crippen LogP contribution in [0.5, 0.6) is 0 Å². The molecule has 0 N–H and O–H groups in total. The van der Waals surface area contributed by atoms with Crippen molar-refractivity contribution >= 4 is 26.7 Å². The van der Waals surface area contributed by atoms with Crippen molar-refractivity contribution in [2.75, 3.05) is 0 Å². The molecule has 0 heterocycles. The summed E-state index contributed by atoms with van der Waals surface area (Å²) in [5.74, 6) is -0.410. The van der Waals surface area contributed by atoms with Crippen LogP contribution < -0.4 is 0 Å². The Labute approximate surface area is 74.3 Å². The Morgan fingerprint density at radius 3 is 2.36 bits per heavy atom. The van der Waals surface area contributed by atoms with Crippen molar-refractivity contribution < 1.29 is 14.3 Å². The van der Waals surface area contributed by atoms with Crippen LogP contribution in [0.25, 0.3) is 0 Å². The molecule has 1 atom stereocenters. The Balaban J connectivity index is 3.89. The van der Waals surface area contributed by atoms with E-state index in [9.17, 15) is 9.59 Å². The average Bonchev–Trinajstić information content (AvgIpc) is 1.86. The molecule has 0 fully saturated rings. The van der Waals surface area contributed by atoms with Gasteiger partial charge in [0.15, 0.2) is 0 Å². The van der Waals surface area contributed by atoms with E-state index in [1.54, 1.807) is 0 Å². The number of rotatable bonds is 4. The molecule has 0 aromatic heterocycles. The summed E-state index contributed by atoms with van der Waals surface area (Å²) in [4.78, 5) is 21.2. The second-order valence-corrected chi connectivity index (χ2v) is 3.05.